The summed E-state index contributed by atoms with van der Waals surface area (Å²) in [4.78, 5) is 8.84. The third-order valence-corrected chi connectivity index (χ3v) is 3.78. The maximum Gasteiger partial charge on any atom is 0.129 e. The van der Waals surface area contributed by atoms with Crippen LogP contribution in [-0.4, -0.2) is 43.1 Å². The van der Waals surface area contributed by atoms with Crippen LogP contribution >= 0.6 is 11.6 Å². The zero-order chi connectivity index (χ0) is 12.3. The Morgan fingerprint density at radius 3 is 2.94 bits per heavy atom. The van der Waals surface area contributed by atoms with Crippen molar-refractivity contribution in [2.45, 2.75) is 25.3 Å². The highest BCUT2D eigenvalue weighted by Gasteiger charge is 2.20. The van der Waals surface area contributed by atoms with Gasteiger partial charge in [0, 0.05) is 19.6 Å². The number of pyridine rings is 1. The summed E-state index contributed by atoms with van der Waals surface area (Å²) < 4.78 is 0. The summed E-state index contributed by atoms with van der Waals surface area (Å²) >= 11 is 5.79. The summed E-state index contributed by atoms with van der Waals surface area (Å²) in [6.07, 6.45) is 5.81. The van der Waals surface area contributed by atoms with Crippen molar-refractivity contribution in [1.82, 2.24) is 9.88 Å². The first-order valence-corrected chi connectivity index (χ1v) is 6.57. The predicted molar refractivity (Wildman–Crippen MR) is 72.8 cm³/mol. The van der Waals surface area contributed by atoms with Crippen molar-refractivity contribution in [3.8, 4) is 0 Å². The normalized spacial score (nSPS) is 21.5. The number of hydrogen-bond donors (Lipinski definition) is 0. The number of rotatable bonds is 3. The Bertz CT molecular complexity index is 352. The highest BCUT2D eigenvalue weighted by Crippen LogP contribution is 2.19. The van der Waals surface area contributed by atoms with Gasteiger partial charge in [0.1, 0.15) is 5.15 Å². The van der Waals surface area contributed by atoms with Crippen LogP contribution < -0.4 is 4.90 Å². The summed E-state index contributed by atoms with van der Waals surface area (Å²) in [5, 5.41) is 0.553. The fourth-order valence-corrected chi connectivity index (χ4v) is 2.50. The monoisotopic (exact) mass is 253 g/mol. The van der Waals surface area contributed by atoms with Crippen LogP contribution in [0.5, 0.6) is 0 Å². The van der Waals surface area contributed by atoms with Gasteiger partial charge >= 0.3 is 0 Å². The molecule has 0 aliphatic carbocycles. The number of aromatic nitrogens is 1. The van der Waals surface area contributed by atoms with E-state index in [0.29, 0.717) is 11.2 Å². The highest BCUT2D eigenvalue weighted by molar-refractivity contribution is 6.29. The quantitative estimate of drug-likeness (QED) is 0.772. The van der Waals surface area contributed by atoms with Crippen molar-refractivity contribution in [3.63, 3.8) is 0 Å². The van der Waals surface area contributed by atoms with E-state index in [-0.39, 0.29) is 0 Å². The summed E-state index contributed by atoms with van der Waals surface area (Å²) in [5.74, 6) is 0. The lowest BCUT2D eigenvalue weighted by Crippen LogP contribution is -2.43. The number of likely N-dealkylation sites (tertiary alicyclic amines) is 1. The molecule has 1 aliphatic rings. The minimum absolute atomic E-state index is 0.553. The van der Waals surface area contributed by atoms with Gasteiger partial charge in [-0.2, -0.15) is 0 Å². The van der Waals surface area contributed by atoms with Crippen LogP contribution in [0.1, 0.15) is 19.3 Å². The highest BCUT2D eigenvalue weighted by atomic mass is 35.5. The van der Waals surface area contributed by atoms with Crippen molar-refractivity contribution >= 4 is 17.3 Å². The molecule has 1 aromatic heterocycles. The van der Waals surface area contributed by atoms with Gasteiger partial charge in [0.05, 0.1) is 11.9 Å². The molecular formula is C13H20ClN3. The van der Waals surface area contributed by atoms with Crippen LogP contribution in [-0.2, 0) is 0 Å². The molecule has 1 saturated heterocycles. The molecule has 0 spiro atoms. The van der Waals surface area contributed by atoms with Gasteiger partial charge < -0.3 is 9.80 Å². The molecule has 1 aromatic rings. The van der Waals surface area contributed by atoms with Crippen molar-refractivity contribution in [3.05, 3.63) is 23.5 Å². The van der Waals surface area contributed by atoms with E-state index < -0.39 is 0 Å². The SMILES string of the molecule is CN(C[C@@H]1CCCCN1C)c1ccc(Cl)nc1. The number of halogens is 1. The minimum Gasteiger partial charge on any atom is -0.372 e. The molecule has 94 valence electrons. The topological polar surface area (TPSA) is 19.4 Å². The molecule has 0 radical (unpaired) electrons. The Hall–Kier alpha value is -0.800. The van der Waals surface area contributed by atoms with Crippen molar-refractivity contribution in [2.24, 2.45) is 0 Å². The van der Waals surface area contributed by atoms with Crippen LogP contribution in [0, 0.1) is 0 Å². The Labute approximate surface area is 108 Å². The van der Waals surface area contributed by atoms with E-state index in [2.05, 4.69) is 28.9 Å². The van der Waals surface area contributed by atoms with Gasteiger partial charge in [0.15, 0.2) is 0 Å². The molecule has 0 N–H and O–H groups in total. The van der Waals surface area contributed by atoms with Crippen LogP contribution in [0.25, 0.3) is 0 Å². The molecule has 0 unspecified atom stereocenters. The standard InChI is InChI=1S/C13H20ClN3/c1-16-8-4-3-5-12(16)10-17(2)11-6-7-13(14)15-9-11/h6-7,9,12H,3-5,8,10H2,1-2H3/t12-/m0/s1. The van der Waals surface area contributed by atoms with Gasteiger partial charge in [-0.1, -0.05) is 18.0 Å². The number of likely N-dealkylation sites (N-methyl/N-ethyl adjacent to an activating group) is 2. The molecule has 0 bridgehead atoms. The minimum atomic E-state index is 0.553. The van der Waals surface area contributed by atoms with E-state index in [1.165, 1.54) is 25.8 Å². The fraction of sp³-hybridized carbons (Fsp3) is 0.615. The van der Waals surface area contributed by atoms with E-state index in [9.17, 15) is 0 Å². The largest absolute Gasteiger partial charge is 0.372 e. The molecule has 0 aromatic carbocycles. The Kier molecular flexibility index (Phi) is 4.24. The molecule has 17 heavy (non-hydrogen) atoms. The summed E-state index contributed by atoms with van der Waals surface area (Å²) in [5.41, 5.74) is 1.13. The Morgan fingerprint density at radius 1 is 1.47 bits per heavy atom. The van der Waals surface area contributed by atoms with Crippen molar-refractivity contribution in [1.29, 1.82) is 0 Å². The lowest BCUT2D eigenvalue weighted by atomic mass is 10.0. The number of nitrogens with zero attached hydrogens (tertiary/aromatic N) is 3. The average Bonchev–Trinajstić information content (AvgIpc) is 2.33. The zero-order valence-corrected chi connectivity index (χ0v) is 11.3. The van der Waals surface area contributed by atoms with Gasteiger partial charge in [-0.25, -0.2) is 4.98 Å². The second-order valence-electron chi connectivity index (χ2n) is 4.85. The molecule has 3 nitrogen and oxygen atoms in total. The number of piperidine rings is 1. The lowest BCUT2D eigenvalue weighted by Gasteiger charge is -2.35. The lowest BCUT2D eigenvalue weighted by molar-refractivity contribution is 0.189. The van der Waals surface area contributed by atoms with E-state index in [4.69, 9.17) is 11.6 Å². The molecule has 1 atom stereocenters. The molecule has 0 saturated carbocycles. The maximum absolute atomic E-state index is 5.79. The molecular weight excluding hydrogens is 234 g/mol. The number of anilines is 1. The molecule has 2 rings (SSSR count). The number of hydrogen-bond acceptors (Lipinski definition) is 3. The van der Waals surface area contributed by atoms with Gasteiger partial charge in [0.25, 0.3) is 0 Å². The molecule has 4 heteroatoms. The maximum atomic E-state index is 5.79. The van der Waals surface area contributed by atoms with Crippen LogP contribution in [0.2, 0.25) is 5.15 Å². The summed E-state index contributed by atoms with van der Waals surface area (Å²) in [6, 6.07) is 4.53. The Balaban J connectivity index is 1.95. The third kappa shape index (κ3) is 3.33. The van der Waals surface area contributed by atoms with Gasteiger partial charge in [-0.3, -0.25) is 0 Å². The van der Waals surface area contributed by atoms with Gasteiger partial charge in [-0.15, -0.1) is 0 Å². The molecule has 2 heterocycles. The fourth-order valence-electron chi connectivity index (χ4n) is 2.39. The second-order valence-corrected chi connectivity index (χ2v) is 5.24. The van der Waals surface area contributed by atoms with Crippen molar-refractivity contribution in [2.75, 3.05) is 32.1 Å². The van der Waals surface area contributed by atoms with E-state index in [1.54, 1.807) is 0 Å². The molecule has 0 amide bonds. The van der Waals surface area contributed by atoms with Crippen LogP contribution in [0.3, 0.4) is 0 Å². The molecule has 1 fully saturated rings. The van der Waals surface area contributed by atoms with E-state index in [0.717, 1.165) is 12.2 Å². The summed E-state index contributed by atoms with van der Waals surface area (Å²) in [7, 11) is 4.34. The Morgan fingerprint density at radius 2 is 2.29 bits per heavy atom. The average molecular weight is 254 g/mol. The van der Waals surface area contributed by atoms with Gasteiger partial charge in [0.2, 0.25) is 0 Å². The second kappa shape index (κ2) is 5.69. The van der Waals surface area contributed by atoms with E-state index >= 15 is 0 Å². The van der Waals surface area contributed by atoms with Crippen molar-refractivity contribution < 1.29 is 0 Å². The molecule has 1 aliphatic heterocycles. The first-order chi connectivity index (χ1) is 8.16. The van der Waals surface area contributed by atoms with Gasteiger partial charge in [-0.05, 0) is 38.6 Å². The zero-order valence-electron chi connectivity index (χ0n) is 10.6. The van der Waals surface area contributed by atoms with E-state index in [1.807, 2.05) is 18.3 Å². The smallest absolute Gasteiger partial charge is 0.129 e. The first kappa shape index (κ1) is 12.7. The predicted octanol–water partition coefficient (Wildman–Crippen LogP) is 2.66. The van der Waals surface area contributed by atoms with Crippen LogP contribution in [0.15, 0.2) is 18.3 Å². The third-order valence-electron chi connectivity index (χ3n) is 3.56. The summed E-state index contributed by atoms with van der Waals surface area (Å²) in [6.45, 7) is 2.27. The first-order valence-electron chi connectivity index (χ1n) is 6.20. The van der Waals surface area contributed by atoms with Crippen LogP contribution in [0.4, 0.5) is 5.69 Å².